The van der Waals surface area contributed by atoms with Crippen molar-refractivity contribution in [2.75, 3.05) is 19.4 Å². The summed E-state index contributed by atoms with van der Waals surface area (Å²) in [6.07, 6.45) is 1.65. The highest BCUT2D eigenvalue weighted by Gasteiger charge is 2.17. The topological polar surface area (TPSA) is 95.4 Å². The van der Waals surface area contributed by atoms with E-state index in [2.05, 4.69) is 15.0 Å². The molecule has 0 saturated carbocycles. The van der Waals surface area contributed by atoms with E-state index in [1.165, 1.54) is 4.57 Å². The van der Waals surface area contributed by atoms with Gasteiger partial charge < -0.3 is 10.5 Å². The number of benzene rings is 2. The van der Waals surface area contributed by atoms with Crippen LogP contribution in [0, 0.1) is 0 Å². The molecule has 0 saturated heterocycles. The Bertz CT molecular complexity index is 1350. The SMILES string of the molecule is CCOc1ccc2nc(-c3ccc(N)c(C=NC)c3)c(=O)n(-c3ccc(Cl)cc3)c2n1. The number of aliphatic imine (C=N–C) groups is 1. The molecule has 0 radical (unpaired) electrons. The van der Waals surface area contributed by atoms with Crippen LogP contribution in [0.5, 0.6) is 5.88 Å². The molecule has 0 atom stereocenters. The van der Waals surface area contributed by atoms with E-state index in [-0.39, 0.29) is 11.3 Å². The van der Waals surface area contributed by atoms with Gasteiger partial charge in [-0.05, 0) is 49.4 Å². The highest BCUT2D eigenvalue weighted by molar-refractivity contribution is 6.30. The first-order valence-electron chi connectivity index (χ1n) is 9.66. The molecule has 0 spiro atoms. The standard InChI is InChI=1S/C23H20ClN5O2/c1-3-31-20-11-10-19-22(28-20)29(17-7-5-16(24)6-8-17)23(30)21(27-19)14-4-9-18(25)15(12-14)13-26-2/h4-13H,3,25H2,1-2H3. The van der Waals surface area contributed by atoms with Crippen LogP contribution in [0.1, 0.15) is 12.5 Å². The third-order valence-corrected chi connectivity index (χ3v) is 4.94. The van der Waals surface area contributed by atoms with E-state index in [0.717, 1.165) is 0 Å². The number of nitrogen functional groups attached to an aromatic ring is 1. The highest BCUT2D eigenvalue weighted by Crippen LogP contribution is 2.24. The smallest absolute Gasteiger partial charge is 0.283 e. The average Bonchev–Trinajstić information content (AvgIpc) is 2.76. The van der Waals surface area contributed by atoms with Crippen molar-refractivity contribution in [1.82, 2.24) is 14.5 Å². The normalized spacial score (nSPS) is 11.3. The zero-order valence-electron chi connectivity index (χ0n) is 17.0. The number of hydrogen-bond donors (Lipinski definition) is 1. The summed E-state index contributed by atoms with van der Waals surface area (Å²) in [5, 5.41) is 0.570. The number of rotatable bonds is 5. The van der Waals surface area contributed by atoms with Crippen LogP contribution in [0.2, 0.25) is 5.02 Å². The van der Waals surface area contributed by atoms with Gasteiger partial charge in [-0.3, -0.25) is 14.4 Å². The molecule has 0 unspecified atom stereocenters. The van der Waals surface area contributed by atoms with Gasteiger partial charge in [0.2, 0.25) is 5.88 Å². The second kappa shape index (κ2) is 8.57. The van der Waals surface area contributed by atoms with E-state index >= 15 is 0 Å². The average molecular weight is 434 g/mol. The molecule has 2 heterocycles. The summed E-state index contributed by atoms with van der Waals surface area (Å²) in [4.78, 5) is 26.8. The first-order valence-corrected chi connectivity index (χ1v) is 10.0. The molecule has 0 aliphatic carbocycles. The molecular formula is C23H20ClN5O2. The third-order valence-electron chi connectivity index (χ3n) is 4.68. The second-order valence-electron chi connectivity index (χ2n) is 6.73. The maximum atomic E-state index is 13.6. The number of anilines is 1. The van der Waals surface area contributed by atoms with Gasteiger partial charge in [-0.1, -0.05) is 17.7 Å². The highest BCUT2D eigenvalue weighted by atomic mass is 35.5. The largest absolute Gasteiger partial charge is 0.478 e. The summed E-state index contributed by atoms with van der Waals surface area (Å²) < 4.78 is 7.05. The Morgan fingerprint density at radius 1 is 1.13 bits per heavy atom. The minimum absolute atomic E-state index is 0.277. The minimum Gasteiger partial charge on any atom is -0.478 e. The molecular weight excluding hydrogens is 414 g/mol. The Kier molecular flexibility index (Phi) is 5.68. The molecule has 2 N–H and O–H groups in total. The molecule has 4 rings (SSSR count). The maximum Gasteiger partial charge on any atom is 0.283 e. The predicted octanol–water partition coefficient (Wildman–Crippen LogP) is 4.13. The third kappa shape index (κ3) is 4.00. The van der Waals surface area contributed by atoms with Crippen LogP contribution in [-0.4, -0.2) is 34.4 Å². The van der Waals surface area contributed by atoms with Crippen LogP contribution in [-0.2, 0) is 0 Å². The molecule has 156 valence electrons. The number of halogens is 1. The van der Waals surface area contributed by atoms with Crippen molar-refractivity contribution in [2.45, 2.75) is 6.92 Å². The summed E-state index contributed by atoms with van der Waals surface area (Å²) in [5.41, 5.74) is 9.47. The van der Waals surface area contributed by atoms with Gasteiger partial charge in [-0.15, -0.1) is 0 Å². The van der Waals surface area contributed by atoms with E-state index in [0.29, 0.717) is 51.2 Å². The van der Waals surface area contributed by atoms with Crippen LogP contribution >= 0.6 is 11.6 Å². The van der Waals surface area contributed by atoms with Gasteiger partial charge in [0, 0.05) is 41.2 Å². The van der Waals surface area contributed by atoms with Gasteiger partial charge in [0.05, 0.1) is 12.3 Å². The summed E-state index contributed by atoms with van der Waals surface area (Å²) in [6.45, 7) is 2.33. The zero-order valence-corrected chi connectivity index (χ0v) is 17.8. The van der Waals surface area contributed by atoms with E-state index in [1.807, 2.05) is 6.92 Å². The number of hydrogen-bond acceptors (Lipinski definition) is 6. The van der Waals surface area contributed by atoms with Crippen molar-refractivity contribution in [1.29, 1.82) is 0 Å². The Balaban J connectivity index is 2.03. The Morgan fingerprint density at radius 3 is 2.61 bits per heavy atom. The molecule has 2 aromatic heterocycles. The van der Waals surface area contributed by atoms with Gasteiger partial charge in [0.25, 0.3) is 5.56 Å². The summed E-state index contributed by atoms with van der Waals surface area (Å²) in [7, 11) is 1.66. The van der Waals surface area contributed by atoms with Crippen molar-refractivity contribution in [3.8, 4) is 22.8 Å². The Labute approximate surface area is 183 Å². The lowest BCUT2D eigenvalue weighted by molar-refractivity contribution is 0.328. The molecule has 0 amide bonds. The molecule has 0 fully saturated rings. The number of ether oxygens (including phenoxy) is 1. The number of fused-ring (bicyclic) bond motifs is 1. The van der Waals surface area contributed by atoms with Crippen molar-refractivity contribution >= 4 is 34.7 Å². The van der Waals surface area contributed by atoms with Gasteiger partial charge in [-0.2, -0.15) is 4.98 Å². The fraction of sp³-hybridized carbons (Fsp3) is 0.130. The van der Waals surface area contributed by atoms with Crippen LogP contribution in [0.3, 0.4) is 0 Å². The summed E-state index contributed by atoms with van der Waals surface area (Å²) in [6, 6.07) is 15.8. The second-order valence-corrected chi connectivity index (χ2v) is 7.17. The van der Waals surface area contributed by atoms with Crippen molar-refractivity contribution in [3.63, 3.8) is 0 Å². The quantitative estimate of drug-likeness (QED) is 0.377. The van der Waals surface area contributed by atoms with Gasteiger partial charge in [0.15, 0.2) is 5.65 Å². The first-order chi connectivity index (χ1) is 15.0. The molecule has 0 bridgehead atoms. The number of pyridine rings is 1. The lowest BCUT2D eigenvalue weighted by atomic mass is 10.1. The fourth-order valence-corrected chi connectivity index (χ4v) is 3.39. The van der Waals surface area contributed by atoms with Gasteiger partial charge >= 0.3 is 0 Å². The molecule has 7 nitrogen and oxygen atoms in total. The van der Waals surface area contributed by atoms with Crippen molar-refractivity contribution in [2.24, 2.45) is 4.99 Å². The molecule has 0 aliphatic rings. The Morgan fingerprint density at radius 2 is 1.90 bits per heavy atom. The van der Waals surface area contributed by atoms with Crippen molar-refractivity contribution < 1.29 is 4.74 Å². The summed E-state index contributed by atoms with van der Waals surface area (Å²) >= 11 is 6.05. The van der Waals surface area contributed by atoms with Crippen LogP contribution in [0.25, 0.3) is 28.1 Å². The monoisotopic (exact) mass is 433 g/mol. The lowest BCUT2D eigenvalue weighted by Gasteiger charge is -2.13. The summed E-state index contributed by atoms with van der Waals surface area (Å²) in [5.74, 6) is 0.417. The van der Waals surface area contributed by atoms with Crippen LogP contribution in [0.15, 0.2) is 64.4 Å². The molecule has 8 heteroatoms. The van der Waals surface area contributed by atoms with E-state index in [1.54, 1.807) is 67.9 Å². The Hall–Kier alpha value is -3.71. The predicted molar refractivity (Wildman–Crippen MR) is 125 cm³/mol. The van der Waals surface area contributed by atoms with Crippen LogP contribution < -0.4 is 16.0 Å². The van der Waals surface area contributed by atoms with Gasteiger partial charge in [-0.25, -0.2) is 4.98 Å². The lowest BCUT2D eigenvalue weighted by Crippen LogP contribution is -2.23. The van der Waals surface area contributed by atoms with Crippen LogP contribution in [0.4, 0.5) is 5.69 Å². The van der Waals surface area contributed by atoms with Crippen molar-refractivity contribution in [3.05, 3.63) is 75.5 Å². The van der Waals surface area contributed by atoms with E-state index < -0.39 is 0 Å². The van der Waals surface area contributed by atoms with Gasteiger partial charge in [0.1, 0.15) is 11.2 Å². The molecule has 2 aromatic carbocycles. The van der Waals surface area contributed by atoms with E-state index in [4.69, 9.17) is 22.1 Å². The number of aromatic nitrogens is 3. The van der Waals surface area contributed by atoms with E-state index in [9.17, 15) is 4.79 Å². The first kappa shape index (κ1) is 20.6. The molecule has 4 aromatic rings. The fourth-order valence-electron chi connectivity index (χ4n) is 3.26. The molecule has 0 aliphatic heterocycles. The number of nitrogens with zero attached hydrogens (tertiary/aromatic N) is 4. The molecule has 31 heavy (non-hydrogen) atoms. The number of nitrogens with two attached hydrogens (primary N) is 1. The zero-order chi connectivity index (χ0) is 22.0. The minimum atomic E-state index is -0.319. The maximum absolute atomic E-state index is 13.6.